The lowest BCUT2D eigenvalue weighted by Gasteiger charge is -1.99. The van der Waals surface area contributed by atoms with E-state index in [0.717, 1.165) is 26.9 Å². The third kappa shape index (κ3) is 1.63. The minimum atomic E-state index is -0.0378. The van der Waals surface area contributed by atoms with E-state index in [4.69, 9.17) is 0 Å². The molecule has 0 aliphatic rings. The molecule has 1 aromatic carbocycles. The minimum Gasteiger partial charge on any atom is -0.390 e. The van der Waals surface area contributed by atoms with E-state index in [9.17, 15) is 5.11 Å². The van der Waals surface area contributed by atoms with Gasteiger partial charge in [0.25, 0.3) is 0 Å². The van der Waals surface area contributed by atoms with Gasteiger partial charge in [0.2, 0.25) is 4.96 Å². The van der Waals surface area contributed by atoms with E-state index in [1.165, 1.54) is 5.56 Å². The molecule has 0 bridgehead atoms. The van der Waals surface area contributed by atoms with Gasteiger partial charge in [-0.15, -0.1) is 0 Å². The molecule has 0 radical (unpaired) electrons. The number of rotatable bonds is 2. The number of hydrogen-bond donors (Lipinski definition) is 1. The third-order valence-electron chi connectivity index (χ3n) is 3.02. The highest BCUT2D eigenvalue weighted by Crippen LogP contribution is 2.29. The molecule has 2 heterocycles. The SMILES string of the molecule is Cc1ccccc1-c1nn2c(CO)c(C)nc2s1. The average Bonchev–Trinajstić information content (AvgIpc) is 2.86. The molecular formula is C13H13N3OS. The van der Waals surface area contributed by atoms with Crippen molar-refractivity contribution in [1.82, 2.24) is 14.6 Å². The van der Waals surface area contributed by atoms with Gasteiger partial charge in [0.05, 0.1) is 18.0 Å². The molecular weight excluding hydrogens is 246 g/mol. The molecule has 92 valence electrons. The second-order valence-electron chi connectivity index (χ2n) is 4.22. The van der Waals surface area contributed by atoms with E-state index in [1.807, 2.05) is 19.1 Å². The number of benzene rings is 1. The van der Waals surface area contributed by atoms with Crippen molar-refractivity contribution in [2.24, 2.45) is 0 Å². The van der Waals surface area contributed by atoms with Crippen molar-refractivity contribution in [3.8, 4) is 10.6 Å². The molecule has 0 spiro atoms. The van der Waals surface area contributed by atoms with Gasteiger partial charge in [-0.2, -0.15) is 5.10 Å². The van der Waals surface area contributed by atoms with Crippen LogP contribution in [-0.4, -0.2) is 19.7 Å². The zero-order valence-corrected chi connectivity index (χ0v) is 11.0. The van der Waals surface area contributed by atoms with Crippen LogP contribution in [0.2, 0.25) is 0 Å². The first-order valence-electron chi connectivity index (χ1n) is 5.72. The van der Waals surface area contributed by atoms with Crippen LogP contribution in [0.4, 0.5) is 0 Å². The molecule has 0 unspecified atom stereocenters. The highest BCUT2D eigenvalue weighted by molar-refractivity contribution is 7.19. The normalized spacial score (nSPS) is 11.3. The molecule has 0 saturated heterocycles. The maximum atomic E-state index is 9.34. The fourth-order valence-corrected chi connectivity index (χ4v) is 3.05. The maximum absolute atomic E-state index is 9.34. The molecule has 0 saturated carbocycles. The summed E-state index contributed by atoms with van der Waals surface area (Å²) in [4.78, 5) is 5.25. The van der Waals surface area contributed by atoms with E-state index in [1.54, 1.807) is 15.9 Å². The quantitative estimate of drug-likeness (QED) is 0.769. The van der Waals surface area contributed by atoms with Gasteiger partial charge in [-0.05, 0) is 19.4 Å². The number of aliphatic hydroxyl groups excluding tert-OH is 1. The van der Waals surface area contributed by atoms with Gasteiger partial charge < -0.3 is 5.11 Å². The van der Waals surface area contributed by atoms with E-state index in [0.29, 0.717) is 0 Å². The van der Waals surface area contributed by atoms with Crippen LogP contribution in [0.3, 0.4) is 0 Å². The Hall–Kier alpha value is -1.72. The molecule has 1 N–H and O–H groups in total. The van der Waals surface area contributed by atoms with Gasteiger partial charge >= 0.3 is 0 Å². The number of imidazole rings is 1. The van der Waals surface area contributed by atoms with E-state index < -0.39 is 0 Å². The van der Waals surface area contributed by atoms with E-state index >= 15 is 0 Å². The minimum absolute atomic E-state index is 0.0378. The molecule has 5 heteroatoms. The molecule has 0 aliphatic heterocycles. The molecule has 4 nitrogen and oxygen atoms in total. The van der Waals surface area contributed by atoms with Crippen LogP contribution in [0.15, 0.2) is 24.3 Å². The molecule has 18 heavy (non-hydrogen) atoms. The molecule has 2 aromatic heterocycles. The highest BCUT2D eigenvalue weighted by Gasteiger charge is 2.14. The Morgan fingerprint density at radius 3 is 2.78 bits per heavy atom. The summed E-state index contributed by atoms with van der Waals surface area (Å²) < 4.78 is 1.74. The summed E-state index contributed by atoms with van der Waals surface area (Å²) in [5.74, 6) is 0. The van der Waals surface area contributed by atoms with Gasteiger partial charge in [-0.25, -0.2) is 9.50 Å². The Balaban J connectivity index is 2.20. The lowest BCUT2D eigenvalue weighted by Crippen LogP contribution is -1.95. The standard InChI is InChI=1S/C13H13N3OS/c1-8-5-3-4-6-10(8)12-15-16-11(7-17)9(2)14-13(16)18-12/h3-6,17H,7H2,1-2H3. The van der Waals surface area contributed by atoms with Crippen molar-refractivity contribution in [1.29, 1.82) is 0 Å². The molecule has 0 fully saturated rings. The van der Waals surface area contributed by atoms with Gasteiger partial charge in [-0.1, -0.05) is 35.6 Å². The van der Waals surface area contributed by atoms with Crippen LogP contribution in [0.1, 0.15) is 17.0 Å². The van der Waals surface area contributed by atoms with Crippen molar-refractivity contribution in [3.05, 3.63) is 41.2 Å². The number of aromatic nitrogens is 3. The number of aliphatic hydroxyl groups is 1. The van der Waals surface area contributed by atoms with E-state index in [2.05, 4.69) is 29.1 Å². The second kappa shape index (κ2) is 4.19. The zero-order valence-electron chi connectivity index (χ0n) is 10.2. The Bertz CT molecular complexity index is 714. The average molecular weight is 259 g/mol. The fraction of sp³-hybridized carbons (Fsp3) is 0.231. The first-order chi connectivity index (χ1) is 8.70. The summed E-state index contributed by atoms with van der Waals surface area (Å²) in [5, 5.41) is 14.8. The molecule has 3 rings (SSSR count). The Morgan fingerprint density at radius 2 is 2.06 bits per heavy atom. The number of aryl methyl sites for hydroxylation is 2. The van der Waals surface area contributed by atoms with Crippen molar-refractivity contribution >= 4 is 16.3 Å². The monoisotopic (exact) mass is 259 g/mol. The van der Waals surface area contributed by atoms with Crippen LogP contribution < -0.4 is 0 Å². The largest absolute Gasteiger partial charge is 0.390 e. The predicted octanol–water partition coefficient (Wildman–Crippen LogP) is 2.57. The summed E-state index contributed by atoms with van der Waals surface area (Å²) >= 11 is 1.54. The van der Waals surface area contributed by atoms with E-state index in [-0.39, 0.29) is 6.61 Å². The summed E-state index contributed by atoms with van der Waals surface area (Å²) in [5.41, 5.74) is 3.92. The number of hydrogen-bond acceptors (Lipinski definition) is 4. The highest BCUT2D eigenvalue weighted by atomic mass is 32.1. The second-order valence-corrected chi connectivity index (χ2v) is 5.17. The summed E-state index contributed by atoms with van der Waals surface area (Å²) in [6.45, 7) is 3.92. The van der Waals surface area contributed by atoms with Crippen molar-refractivity contribution in [2.75, 3.05) is 0 Å². The summed E-state index contributed by atoms with van der Waals surface area (Å²) in [7, 11) is 0. The molecule has 0 amide bonds. The van der Waals surface area contributed by atoms with Gasteiger partial charge in [0.1, 0.15) is 5.01 Å². The van der Waals surface area contributed by atoms with Crippen LogP contribution in [0, 0.1) is 13.8 Å². The lowest BCUT2D eigenvalue weighted by molar-refractivity contribution is 0.273. The maximum Gasteiger partial charge on any atom is 0.213 e. The van der Waals surface area contributed by atoms with Crippen LogP contribution in [0.5, 0.6) is 0 Å². The van der Waals surface area contributed by atoms with Gasteiger partial charge in [0.15, 0.2) is 0 Å². The topological polar surface area (TPSA) is 50.4 Å². The lowest BCUT2D eigenvalue weighted by atomic mass is 10.1. The van der Waals surface area contributed by atoms with Crippen molar-refractivity contribution in [2.45, 2.75) is 20.5 Å². The Labute approximate surface area is 109 Å². The van der Waals surface area contributed by atoms with Gasteiger partial charge in [0, 0.05) is 5.56 Å². The van der Waals surface area contributed by atoms with Crippen LogP contribution in [-0.2, 0) is 6.61 Å². The summed E-state index contributed by atoms with van der Waals surface area (Å²) in [6.07, 6.45) is 0. The van der Waals surface area contributed by atoms with Crippen LogP contribution in [0.25, 0.3) is 15.5 Å². The number of nitrogens with zero attached hydrogens (tertiary/aromatic N) is 3. The first-order valence-corrected chi connectivity index (χ1v) is 6.54. The molecule has 0 atom stereocenters. The third-order valence-corrected chi connectivity index (χ3v) is 3.96. The molecule has 3 aromatic rings. The van der Waals surface area contributed by atoms with Gasteiger partial charge in [-0.3, -0.25) is 0 Å². The smallest absolute Gasteiger partial charge is 0.213 e. The Kier molecular flexibility index (Phi) is 2.65. The zero-order chi connectivity index (χ0) is 12.7. The first kappa shape index (κ1) is 11.4. The summed E-state index contributed by atoms with van der Waals surface area (Å²) in [6, 6.07) is 8.14. The van der Waals surface area contributed by atoms with Crippen LogP contribution >= 0.6 is 11.3 Å². The Morgan fingerprint density at radius 1 is 1.28 bits per heavy atom. The molecule has 0 aliphatic carbocycles. The van der Waals surface area contributed by atoms with Crippen molar-refractivity contribution in [3.63, 3.8) is 0 Å². The fourth-order valence-electron chi connectivity index (χ4n) is 1.99. The predicted molar refractivity (Wildman–Crippen MR) is 71.7 cm³/mol. The van der Waals surface area contributed by atoms with Crippen molar-refractivity contribution < 1.29 is 5.11 Å². The number of fused-ring (bicyclic) bond motifs is 1.